The molecule has 0 radical (unpaired) electrons. The molecule has 3 unspecified atom stereocenters. The largest absolute Gasteiger partial charge is 0.346 e. The number of carbonyl (C=O) groups is 1. The van der Waals surface area contributed by atoms with E-state index in [0.717, 1.165) is 12.0 Å². The summed E-state index contributed by atoms with van der Waals surface area (Å²) in [5.41, 5.74) is 0.787. The number of nitrogens with zero attached hydrogens (tertiary/aromatic N) is 2. The maximum atomic E-state index is 12.4. The third kappa shape index (κ3) is 3.70. The lowest BCUT2D eigenvalue weighted by Crippen LogP contribution is -2.42. The van der Waals surface area contributed by atoms with Gasteiger partial charge in [0, 0.05) is 16.6 Å². The summed E-state index contributed by atoms with van der Waals surface area (Å²) in [5.74, 6) is 1.51. The molecule has 7 heteroatoms. The Labute approximate surface area is 151 Å². The highest BCUT2D eigenvalue weighted by molar-refractivity contribution is 6.30. The average molecular weight is 361 g/mol. The van der Waals surface area contributed by atoms with Crippen LogP contribution in [0.25, 0.3) is 11.4 Å². The third-order valence-corrected chi connectivity index (χ3v) is 5.38. The molecule has 6 nitrogen and oxygen atoms in total. The normalized spacial score (nSPS) is 25.6. The van der Waals surface area contributed by atoms with Gasteiger partial charge in [0.25, 0.3) is 0 Å². The minimum absolute atomic E-state index is 0.0110. The highest BCUT2D eigenvalue weighted by Gasteiger charge is 2.38. The lowest BCUT2D eigenvalue weighted by atomic mass is 9.85. The first kappa shape index (κ1) is 16.5. The van der Waals surface area contributed by atoms with Crippen molar-refractivity contribution < 1.29 is 9.32 Å². The standard InChI is InChI=1S/C18H21ClN4O2/c19-13-6-3-5-12(8-13)17-22-16(25-23-17)10-20-18(24)15-9-11-4-1-2-7-14(11)21-15/h3,5-6,8,11,14-15,21H,1-2,4,7,9-10H2,(H,20,24). The lowest BCUT2D eigenvalue weighted by molar-refractivity contribution is -0.123. The quantitative estimate of drug-likeness (QED) is 0.876. The predicted octanol–water partition coefficient (Wildman–Crippen LogP) is 2.93. The van der Waals surface area contributed by atoms with Gasteiger partial charge in [-0.2, -0.15) is 4.98 Å². The van der Waals surface area contributed by atoms with Gasteiger partial charge in [0.1, 0.15) is 0 Å². The Morgan fingerprint density at radius 3 is 3.08 bits per heavy atom. The Morgan fingerprint density at radius 2 is 2.24 bits per heavy atom. The van der Waals surface area contributed by atoms with Gasteiger partial charge in [0.2, 0.25) is 17.6 Å². The van der Waals surface area contributed by atoms with Crippen molar-refractivity contribution in [2.45, 2.75) is 50.7 Å². The van der Waals surface area contributed by atoms with Crippen LogP contribution >= 0.6 is 11.6 Å². The number of hydrogen-bond donors (Lipinski definition) is 2. The molecule has 1 aromatic carbocycles. The molecule has 0 spiro atoms. The highest BCUT2D eigenvalue weighted by atomic mass is 35.5. The summed E-state index contributed by atoms with van der Waals surface area (Å²) >= 11 is 5.98. The van der Waals surface area contributed by atoms with Crippen LogP contribution in [0.3, 0.4) is 0 Å². The topological polar surface area (TPSA) is 80.1 Å². The zero-order valence-corrected chi connectivity index (χ0v) is 14.6. The van der Waals surface area contributed by atoms with Crippen LogP contribution in [0, 0.1) is 5.92 Å². The Hall–Kier alpha value is -1.92. The van der Waals surface area contributed by atoms with E-state index in [1.54, 1.807) is 12.1 Å². The Morgan fingerprint density at radius 1 is 1.36 bits per heavy atom. The second-order valence-electron chi connectivity index (χ2n) is 6.85. The van der Waals surface area contributed by atoms with E-state index in [2.05, 4.69) is 20.8 Å². The van der Waals surface area contributed by atoms with Crippen LogP contribution in [0.1, 0.15) is 38.0 Å². The summed E-state index contributed by atoms with van der Waals surface area (Å²) < 4.78 is 5.23. The molecule has 2 aromatic rings. The summed E-state index contributed by atoms with van der Waals surface area (Å²) in [5, 5.41) is 10.9. The van der Waals surface area contributed by atoms with Gasteiger partial charge in [-0.05, 0) is 37.3 Å². The van der Waals surface area contributed by atoms with Gasteiger partial charge in [-0.15, -0.1) is 0 Å². The van der Waals surface area contributed by atoms with E-state index in [-0.39, 0.29) is 18.5 Å². The molecule has 0 bridgehead atoms. The minimum Gasteiger partial charge on any atom is -0.346 e. The van der Waals surface area contributed by atoms with E-state index in [1.807, 2.05) is 12.1 Å². The lowest BCUT2D eigenvalue weighted by Gasteiger charge is -2.24. The summed E-state index contributed by atoms with van der Waals surface area (Å²) in [6, 6.07) is 7.66. The smallest absolute Gasteiger partial charge is 0.246 e. The second kappa shape index (κ2) is 7.14. The van der Waals surface area contributed by atoms with E-state index in [9.17, 15) is 4.79 Å². The first-order valence-corrected chi connectivity index (χ1v) is 9.19. The molecule has 1 aliphatic heterocycles. The zero-order chi connectivity index (χ0) is 17.2. The highest BCUT2D eigenvalue weighted by Crippen LogP contribution is 2.33. The fourth-order valence-corrected chi connectivity index (χ4v) is 4.07. The zero-order valence-electron chi connectivity index (χ0n) is 13.9. The second-order valence-corrected chi connectivity index (χ2v) is 7.28. The van der Waals surface area contributed by atoms with E-state index >= 15 is 0 Å². The van der Waals surface area contributed by atoms with E-state index in [4.69, 9.17) is 16.1 Å². The number of rotatable bonds is 4. The van der Waals surface area contributed by atoms with E-state index < -0.39 is 0 Å². The molecule has 1 saturated heterocycles. The van der Waals surface area contributed by atoms with Crippen molar-refractivity contribution in [2.75, 3.05) is 0 Å². The van der Waals surface area contributed by atoms with Crippen LogP contribution < -0.4 is 10.6 Å². The summed E-state index contributed by atoms with van der Waals surface area (Å²) in [4.78, 5) is 16.7. The van der Waals surface area contributed by atoms with Gasteiger partial charge in [-0.3, -0.25) is 4.79 Å². The number of fused-ring (bicyclic) bond motifs is 1. The van der Waals surface area contributed by atoms with Crippen LogP contribution in [0.2, 0.25) is 5.02 Å². The number of nitrogens with one attached hydrogen (secondary N) is 2. The van der Waals surface area contributed by atoms with E-state index in [1.165, 1.54) is 25.7 Å². The molecule has 25 heavy (non-hydrogen) atoms. The number of carbonyl (C=O) groups excluding carboxylic acids is 1. The maximum absolute atomic E-state index is 12.4. The number of aromatic nitrogens is 2. The molecule has 4 rings (SSSR count). The summed E-state index contributed by atoms with van der Waals surface area (Å²) in [6.45, 7) is 0.236. The molecular weight excluding hydrogens is 340 g/mol. The fourth-order valence-electron chi connectivity index (χ4n) is 3.88. The van der Waals surface area contributed by atoms with Crippen LogP contribution in [-0.4, -0.2) is 28.1 Å². The van der Waals surface area contributed by atoms with Crippen molar-refractivity contribution in [1.82, 2.24) is 20.8 Å². The molecule has 2 heterocycles. The molecule has 3 atom stereocenters. The molecule has 1 aliphatic carbocycles. The number of halogens is 1. The van der Waals surface area contributed by atoms with Crippen LogP contribution in [0.5, 0.6) is 0 Å². The summed E-state index contributed by atoms with van der Waals surface area (Å²) in [7, 11) is 0. The molecule has 2 N–H and O–H groups in total. The van der Waals surface area contributed by atoms with Crippen molar-refractivity contribution in [3.8, 4) is 11.4 Å². The molecule has 132 valence electrons. The monoisotopic (exact) mass is 360 g/mol. The fraction of sp³-hybridized carbons (Fsp3) is 0.500. The van der Waals surface area contributed by atoms with Crippen molar-refractivity contribution >= 4 is 17.5 Å². The van der Waals surface area contributed by atoms with Crippen LogP contribution in [0.15, 0.2) is 28.8 Å². The molecule has 1 amide bonds. The molecule has 2 aliphatic rings. The average Bonchev–Trinajstić information content (AvgIpc) is 3.26. The maximum Gasteiger partial charge on any atom is 0.246 e. The van der Waals surface area contributed by atoms with Gasteiger partial charge >= 0.3 is 0 Å². The molecule has 2 fully saturated rings. The SMILES string of the molecule is O=C(NCc1nc(-c2cccc(Cl)c2)no1)C1CC2CCCCC2N1. The van der Waals surface area contributed by atoms with E-state index in [0.29, 0.717) is 28.7 Å². The van der Waals surface area contributed by atoms with Crippen molar-refractivity contribution in [3.05, 3.63) is 35.2 Å². The Bertz CT molecular complexity index is 749. The van der Waals surface area contributed by atoms with Crippen LogP contribution in [-0.2, 0) is 11.3 Å². The Balaban J connectivity index is 1.33. The number of benzene rings is 1. The molecule has 1 saturated carbocycles. The first-order valence-electron chi connectivity index (χ1n) is 8.81. The predicted molar refractivity (Wildman–Crippen MR) is 93.9 cm³/mol. The molecular formula is C18H21ClN4O2. The van der Waals surface area contributed by atoms with Crippen molar-refractivity contribution in [2.24, 2.45) is 5.92 Å². The van der Waals surface area contributed by atoms with Gasteiger partial charge in [0.15, 0.2) is 0 Å². The van der Waals surface area contributed by atoms with Gasteiger partial charge in [-0.25, -0.2) is 0 Å². The third-order valence-electron chi connectivity index (χ3n) is 5.14. The van der Waals surface area contributed by atoms with Gasteiger partial charge < -0.3 is 15.2 Å². The number of hydrogen-bond acceptors (Lipinski definition) is 5. The van der Waals surface area contributed by atoms with Crippen LogP contribution in [0.4, 0.5) is 0 Å². The van der Waals surface area contributed by atoms with Gasteiger partial charge in [-0.1, -0.05) is 41.7 Å². The molecule has 1 aromatic heterocycles. The number of amides is 1. The first-order chi connectivity index (χ1) is 12.2. The Kier molecular flexibility index (Phi) is 4.72. The van der Waals surface area contributed by atoms with Crippen molar-refractivity contribution in [3.63, 3.8) is 0 Å². The van der Waals surface area contributed by atoms with Crippen molar-refractivity contribution in [1.29, 1.82) is 0 Å². The summed E-state index contributed by atoms with van der Waals surface area (Å²) in [6.07, 6.45) is 5.88. The van der Waals surface area contributed by atoms with Gasteiger partial charge in [0.05, 0.1) is 12.6 Å². The minimum atomic E-state index is -0.108.